The van der Waals surface area contributed by atoms with Crippen LogP contribution in [-0.2, 0) is 16.1 Å². The number of imide groups is 1. The van der Waals surface area contributed by atoms with Crippen LogP contribution in [0.5, 0.6) is 0 Å². The van der Waals surface area contributed by atoms with E-state index in [0.29, 0.717) is 6.54 Å². The van der Waals surface area contributed by atoms with E-state index in [1.807, 2.05) is 30.3 Å². The number of fused-ring (bicyclic) bond motifs is 1. The van der Waals surface area contributed by atoms with E-state index < -0.39 is 35.5 Å². The van der Waals surface area contributed by atoms with Crippen LogP contribution in [-0.4, -0.2) is 28.9 Å². The van der Waals surface area contributed by atoms with Gasteiger partial charge in [0.05, 0.1) is 12.2 Å². The van der Waals surface area contributed by atoms with Crippen LogP contribution in [0.25, 0.3) is 0 Å². The molecular weight excluding hydrogens is 330 g/mol. The van der Waals surface area contributed by atoms with E-state index in [-0.39, 0.29) is 5.69 Å². The van der Waals surface area contributed by atoms with Crippen LogP contribution >= 0.6 is 0 Å². The number of benzene rings is 2. The van der Waals surface area contributed by atoms with Crippen molar-refractivity contribution in [1.29, 1.82) is 0 Å². The number of halogens is 2. The van der Waals surface area contributed by atoms with Gasteiger partial charge in [-0.25, -0.2) is 13.7 Å². The molecule has 2 aliphatic rings. The van der Waals surface area contributed by atoms with Crippen LogP contribution in [0.4, 0.5) is 14.5 Å². The second kappa shape index (κ2) is 5.73. The van der Waals surface area contributed by atoms with Gasteiger partial charge in [-0.05, 0) is 17.7 Å². The van der Waals surface area contributed by atoms with Crippen LogP contribution in [0.3, 0.4) is 0 Å². The Hall–Kier alpha value is -3.16. The number of hydrogen-bond donors (Lipinski definition) is 0. The van der Waals surface area contributed by atoms with Crippen molar-refractivity contribution >= 4 is 17.5 Å². The predicted octanol–water partition coefficient (Wildman–Crippen LogP) is 2.46. The number of nitrogens with zero attached hydrogens (tertiary/aromatic N) is 4. The first-order chi connectivity index (χ1) is 12.1. The summed E-state index contributed by atoms with van der Waals surface area (Å²) >= 11 is 0. The highest BCUT2D eigenvalue weighted by molar-refractivity contribution is 6.25. The summed E-state index contributed by atoms with van der Waals surface area (Å²) in [6.45, 7) is 0.316. The van der Waals surface area contributed by atoms with E-state index in [9.17, 15) is 18.4 Å². The molecule has 0 saturated carbocycles. The van der Waals surface area contributed by atoms with Crippen molar-refractivity contribution in [2.75, 3.05) is 4.90 Å². The van der Waals surface area contributed by atoms with E-state index >= 15 is 0 Å². The lowest BCUT2D eigenvalue weighted by Crippen LogP contribution is -2.39. The van der Waals surface area contributed by atoms with E-state index in [2.05, 4.69) is 10.3 Å². The van der Waals surface area contributed by atoms with Gasteiger partial charge in [-0.1, -0.05) is 35.6 Å². The minimum absolute atomic E-state index is 0.0156. The van der Waals surface area contributed by atoms with Crippen LogP contribution in [0.2, 0.25) is 0 Å². The van der Waals surface area contributed by atoms with Gasteiger partial charge in [0, 0.05) is 6.07 Å². The molecule has 6 nitrogen and oxygen atoms in total. The third-order valence-corrected chi connectivity index (χ3v) is 4.21. The number of hydrogen-bond acceptors (Lipinski definition) is 5. The summed E-state index contributed by atoms with van der Waals surface area (Å²) in [4.78, 5) is 26.1. The van der Waals surface area contributed by atoms with Gasteiger partial charge in [0.1, 0.15) is 0 Å². The standard InChI is InChI=1S/C17H12F2N4O2/c18-12-7-6-11(8-13(12)19)23-16(24)14-15(17(23)25)22(21-20-14)9-10-4-2-1-3-5-10/h1-8,14-15H,9H2/t14-,15-/m0/s1. The zero-order chi connectivity index (χ0) is 17.6. The van der Waals surface area contributed by atoms with Gasteiger partial charge < -0.3 is 0 Å². The maximum absolute atomic E-state index is 13.5. The molecule has 8 heteroatoms. The molecule has 25 heavy (non-hydrogen) atoms. The van der Waals surface area contributed by atoms with Gasteiger partial charge in [0.25, 0.3) is 11.8 Å². The van der Waals surface area contributed by atoms with Crippen molar-refractivity contribution < 1.29 is 18.4 Å². The lowest BCUT2D eigenvalue weighted by molar-refractivity contribution is -0.123. The van der Waals surface area contributed by atoms with Crippen LogP contribution in [0, 0.1) is 11.6 Å². The first-order valence-corrected chi connectivity index (χ1v) is 7.60. The molecule has 1 fully saturated rings. The lowest BCUT2D eigenvalue weighted by atomic mass is 10.1. The summed E-state index contributed by atoms with van der Waals surface area (Å²) in [7, 11) is 0. The quantitative estimate of drug-likeness (QED) is 0.805. The monoisotopic (exact) mass is 342 g/mol. The molecule has 126 valence electrons. The highest BCUT2D eigenvalue weighted by Gasteiger charge is 2.54. The Bertz CT molecular complexity index is 887. The normalized spacial score (nSPS) is 22.0. The molecule has 2 aromatic rings. The molecule has 1 saturated heterocycles. The fourth-order valence-corrected chi connectivity index (χ4v) is 3.00. The fourth-order valence-electron chi connectivity index (χ4n) is 3.00. The number of anilines is 1. The Labute approximate surface area is 141 Å². The van der Waals surface area contributed by atoms with Crippen LogP contribution < -0.4 is 4.90 Å². The van der Waals surface area contributed by atoms with Crippen molar-refractivity contribution in [3.05, 3.63) is 65.7 Å². The molecule has 2 aliphatic heterocycles. The second-order valence-electron chi connectivity index (χ2n) is 5.79. The van der Waals surface area contributed by atoms with Gasteiger partial charge in [0.15, 0.2) is 23.7 Å². The Kier molecular flexibility index (Phi) is 3.52. The maximum atomic E-state index is 13.5. The van der Waals surface area contributed by atoms with Crippen molar-refractivity contribution in [3.8, 4) is 0 Å². The number of carbonyl (C=O) groups is 2. The predicted molar refractivity (Wildman–Crippen MR) is 83.3 cm³/mol. The highest BCUT2D eigenvalue weighted by Crippen LogP contribution is 2.33. The average molecular weight is 342 g/mol. The van der Waals surface area contributed by atoms with Gasteiger partial charge in [-0.2, -0.15) is 5.11 Å². The third kappa shape index (κ3) is 2.46. The first kappa shape index (κ1) is 15.4. The topological polar surface area (TPSA) is 65.3 Å². The zero-order valence-corrected chi connectivity index (χ0v) is 12.8. The molecule has 2 atom stereocenters. The van der Waals surface area contributed by atoms with Gasteiger partial charge >= 0.3 is 0 Å². The molecule has 2 heterocycles. The molecule has 2 aromatic carbocycles. The Balaban J connectivity index is 1.62. The Morgan fingerprint density at radius 2 is 1.72 bits per heavy atom. The van der Waals surface area contributed by atoms with Gasteiger partial charge in [-0.3, -0.25) is 14.6 Å². The Morgan fingerprint density at radius 1 is 0.960 bits per heavy atom. The zero-order valence-electron chi connectivity index (χ0n) is 12.8. The molecule has 0 unspecified atom stereocenters. The molecule has 0 aliphatic carbocycles. The summed E-state index contributed by atoms with van der Waals surface area (Å²) < 4.78 is 26.6. The molecule has 0 aromatic heterocycles. The minimum atomic E-state index is -1.13. The molecule has 0 spiro atoms. The maximum Gasteiger partial charge on any atom is 0.263 e. The van der Waals surface area contributed by atoms with E-state index in [1.54, 1.807) is 0 Å². The highest BCUT2D eigenvalue weighted by atomic mass is 19.2. The molecule has 4 rings (SSSR count). The van der Waals surface area contributed by atoms with Crippen molar-refractivity contribution in [2.24, 2.45) is 10.3 Å². The summed E-state index contributed by atoms with van der Waals surface area (Å²) in [5.41, 5.74) is 0.895. The molecule has 0 bridgehead atoms. The van der Waals surface area contributed by atoms with E-state index in [1.165, 1.54) is 11.1 Å². The summed E-state index contributed by atoms with van der Waals surface area (Å²) in [6.07, 6.45) is 0. The Morgan fingerprint density at radius 3 is 2.44 bits per heavy atom. The number of rotatable bonds is 3. The summed E-state index contributed by atoms with van der Waals surface area (Å²) in [5, 5.41) is 9.27. The van der Waals surface area contributed by atoms with E-state index in [0.717, 1.165) is 22.6 Å². The van der Waals surface area contributed by atoms with Crippen molar-refractivity contribution in [1.82, 2.24) is 5.01 Å². The third-order valence-electron chi connectivity index (χ3n) is 4.21. The van der Waals surface area contributed by atoms with Crippen LogP contribution in [0.1, 0.15) is 5.56 Å². The fraction of sp³-hybridized carbons (Fsp3) is 0.176. The first-order valence-electron chi connectivity index (χ1n) is 7.60. The van der Waals surface area contributed by atoms with Crippen LogP contribution in [0.15, 0.2) is 58.9 Å². The molecule has 2 amide bonds. The van der Waals surface area contributed by atoms with Crippen molar-refractivity contribution in [2.45, 2.75) is 18.6 Å². The van der Waals surface area contributed by atoms with E-state index in [4.69, 9.17) is 0 Å². The summed E-state index contributed by atoms with van der Waals surface area (Å²) in [6, 6.07) is 10.4. The number of amides is 2. The average Bonchev–Trinajstić information content (AvgIpc) is 3.12. The summed E-state index contributed by atoms with van der Waals surface area (Å²) in [5.74, 6) is -3.33. The largest absolute Gasteiger partial charge is 0.271 e. The molecule has 0 N–H and O–H groups in total. The number of carbonyl (C=O) groups excluding carboxylic acids is 2. The SMILES string of the molecule is O=C1[C@H]2N=NN(Cc3ccccc3)[C@@H]2C(=O)N1c1ccc(F)c(F)c1. The minimum Gasteiger partial charge on any atom is -0.271 e. The smallest absolute Gasteiger partial charge is 0.263 e. The van der Waals surface area contributed by atoms with Gasteiger partial charge in [-0.15, -0.1) is 0 Å². The molecular formula is C17H12F2N4O2. The second-order valence-corrected chi connectivity index (χ2v) is 5.79. The lowest BCUT2D eigenvalue weighted by Gasteiger charge is -2.20. The van der Waals surface area contributed by atoms with Gasteiger partial charge in [0.2, 0.25) is 0 Å². The van der Waals surface area contributed by atoms with Crippen molar-refractivity contribution in [3.63, 3.8) is 0 Å². The molecule has 0 radical (unpaired) electrons.